The number of fused-ring (bicyclic) bond motifs is 1. The Morgan fingerprint density at radius 3 is 2.31 bits per heavy atom. The molecule has 2 aromatic heterocycles. The van der Waals surface area contributed by atoms with Crippen LogP contribution in [0.1, 0.15) is 44.2 Å². The predicted octanol–water partition coefficient (Wildman–Crippen LogP) is 4.39. The van der Waals surface area contributed by atoms with E-state index in [1.807, 2.05) is 12.1 Å². The SMILES string of the molecule is O=S(O)Nc1ccc(-c2nc3c(Cl)c(C45CC6CC(CC(C6)C4)C5)[nH]n3n2)cc1. The van der Waals surface area contributed by atoms with Gasteiger partial charge in [0, 0.05) is 16.7 Å². The molecule has 0 aliphatic heterocycles. The van der Waals surface area contributed by atoms with Gasteiger partial charge < -0.3 is 0 Å². The van der Waals surface area contributed by atoms with Gasteiger partial charge in [0.2, 0.25) is 0 Å². The highest BCUT2D eigenvalue weighted by atomic mass is 35.5. The van der Waals surface area contributed by atoms with Crippen molar-refractivity contribution in [2.45, 2.75) is 43.9 Å². The van der Waals surface area contributed by atoms with Crippen molar-refractivity contribution in [3.63, 3.8) is 0 Å². The number of aromatic amines is 1. The Labute approximate surface area is 175 Å². The van der Waals surface area contributed by atoms with Crippen molar-refractivity contribution in [2.75, 3.05) is 4.72 Å². The Hall–Kier alpha value is -1.90. The van der Waals surface area contributed by atoms with E-state index in [1.165, 1.54) is 38.5 Å². The van der Waals surface area contributed by atoms with E-state index in [0.29, 0.717) is 22.2 Å². The third-order valence-corrected chi connectivity index (χ3v) is 7.93. The first-order valence-corrected chi connectivity index (χ1v) is 11.6. The number of H-pyrrole nitrogens is 1. The average Bonchev–Trinajstić information content (AvgIpc) is 3.21. The second-order valence-corrected chi connectivity index (χ2v) is 10.2. The maximum absolute atomic E-state index is 10.9. The van der Waals surface area contributed by atoms with E-state index in [4.69, 9.17) is 16.2 Å². The molecule has 0 radical (unpaired) electrons. The lowest BCUT2D eigenvalue weighted by molar-refractivity contribution is -0.00732. The summed E-state index contributed by atoms with van der Waals surface area (Å²) in [5.41, 5.74) is 3.35. The molecule has 4 saturated carbocycles. The topological polar surface area (TPSA) is 95.3 Å². The van der Waals surface area contributed by atoms with Gasteiger partial charge in [-0.05, 0) is 80.5 Å². The van der Waals surface area contributed by atoms with Crippen LogP contribution in [-0.4, -0.2) is 28.6 Å². The van der Waals surface area contributed by atoms with Crippen molar-refractivity contribution in [1.82, 2.24) is 19.8 Å². The molecule has 7 rings (SSSR count). The molecule has 7 nitrogen and oxygen atoms in total. The van der Waals surface area contributed by atoms with Crippen LogP contribution in [0.2, 0.25) is 5.02 Å². The molecule has 152 valence electrons. The first-order valence-electron chi connectivity index (χ1n) is 10.1. The molecular weight excluding hydrogens is 410 g/mol. The molecule has 2 heterocycles. The highest BCUT2D eigenvalue weighted by Crippen LogP contribution is 2.61. The number of hydrogen-bond acceptors (Lipinski definition) is 3. The highest BCUT2D eigenvalue weighted by Gasteiger charge is 2.53. The van der Waals surface area contributed by atoms with Crippen LogP contribution >= 0.6 is 11.6 Å². The molecular formula is C20H22ClN5O2S. The summed E-state index contributed by atoms with van der Waals surface area (Å²) in [6.07, 6.45) is 7.88. The van der Waals surface area contributed by atoms with E-state index in [2.05, 4.69) is 19.9 Å². The van der Waals surface area contributed by atoms with Crippen molar-refractivity contribution >= 4 is 34.2 Å². The second kappa shape index (κ2) is 6.30. The zero-order valence-electron chi connectivity index (χ0n) is 15.8. The van der Waals surface area contributed by atoms with Crippen molar-refractivity contribution in [3.8, 4) is 11.4 Å². The molecule has 4 bridgehead atoms. The molecule has 29 heavy (non-hydrogen) atoms. The molecule has 4 aliphatic rings. The van der Waals surface area contributed by atoms with Crippen LogP contribution in [0, 0.1) is 17.8 Å². The molecule has 1 atom stereocenters. The summed E-state index contributed by atoms with van der Waals surface area (Å²) >= 11 is 4.76. The van der Waals surface area contributed by atoms with Crippen LogP contribution in [0.25, 0.3) is 17.0 Å². The molecule has 0 spiro atoms. The largest absolute Gasteiger partial charge is 0.289 e. The van der Waals surface area contributed by atoms with Crippen molar-refractivity contribution < 1.29 is 8.76 Å². The van der Waals surface area contributed by atoms with Gasteiger partial charge in [-0.15, -0.1) is 5.10 Å². The zero-order valence-corrected chi connectivity index (χ0v) is 17.3. The Balaban J connectivity index is 1.34. The number of hydrogen-bond donors (Lipinski definition) is 3. The molecule has 1 aromatic carbocycles. The summed E-state index contributed by atoms with van der Waals surface area (Å²) < 4.78 is 23.9. The second-order valence-electron chi connectivity index (χ2n) is 9.10. The van der Waals surface area contributed by atoms with Crippen LogP contribution in [0.3, 0.4) is 0 Å². The number of benzene rings is 1. The molecule has 3 N–H and O–H groups in total. The van der Waals surface area contributed by atoms with Crippen molar-refractivity contribution in [3.05, 3.63) is 35.0 Å². The summed E-state index contributed by atoms with van der Waals surface area (Å²) in [6, 6.07) is 7.08. The molecule has 1 unspecified atom stereocenters. The van der Waals surface area contributed by atoms with Gasteiger partial charge in [-0.25, -0.2) is 9.19 Å². The van der Waals surface area contributed by atoms with Gasteiger partial charge in [0.1, 0.15) is 5.02 Å². The Kier molecular flexibility index (Phi) is 3.89. The number of nitrogens with zero attached hydrogens (tertiary/aromatic N) is 3. The fraction of sp³-hybridized carbons (Fsp3) is 0.500. The molecule has 0 amide bonds. The fourth-order valence-corrected chi connectivity index (χ4v) is 7.18. The van der Waals surface area contributed by atoms with Crippen LogP contribution < -0.4 is 4.72 Å². The Morgan fingerprint density at radius 2 is 1.76 bits per heavy atom. The minimum atomic E-state index is -2.09. The summed E-state index contributed by atoms with van der Waals surface area (Å²) in [6.45, 7) is 0. The lowest BCUT2D eigenvalue weighted by atomic mass is 9.49. The van der Waals surface area contributed by atoms with Crippen molar-refractivity contribution in [1.29, 1.82) is 0 Å². The van der Waals surface area contributed by atoms with Crippen LogP contribution in [0.5, 0.6) is 0 Å². The number of nitrogens with one attached hydrogen (secondary N) is 2. The van der Waals surface area contributed by atoms with Gasteiger partial charge in [-0.1, -0.05) is 11.6 Å². The lowest BCUT2D eigenvalue weighted by Gasteiger charge is -2.56. The third kappa shape index (κ3) is 2.84. The Bertz CT molecular complexity index is 1090. The van der Waals surface area contributed by atoms with E-state index in [0.717, 1.165) is 29.0 Å². The monoisotopic (exact) mass is 431 g/mol. The smallest absolute Gasteiger partial charge is 0.259 e. The minimum absolute atomic E-state index is 0.168. The average molecular weight is 432 g/mol. The van der Waals surface area contributed by atoms with Gasteiger partial charge >= 0.3 is 0 Å². The van der Waals surface area contributed by atoms with E-state index in [1.54, 1.807) is 16.8 Å². The van der Waals surface area contributed by atoms with E-state index in [-0.39, 0.29) is 5.41 Å². The maximum atomic E-state index is 10.9. The lowest BCUT2D eigenvalue weighted by Crippen LogP contribution is -2.48. The summed E-state index contributed by atoms with van der Waals surface area (Å²) in [5.74, 6) is 3.11. The Morgan fingerprint density at radius 1 is 1.14 bits per heavy atom. The first-order chi connectivity index (χ1) is 14.0. The van der Waals surface area contributed by atoms with Crippen LogP contribution in [0.15, 0.2) is 24.3 Å². The normalized spacial score (nSPS) is 31.4. The summed E-state index contributed by atoms with van der Waals surface area (Å²) in [5, 5.41) is 8.80. The van der Waals surface area contributed by atoms with E-state index < -0.39 is 11.3 Å². The quantitative estimate of drug-likeness (QED) is 0.533. The standard InChI is InChI=1S/C20H22ClN5O2S/c21-16-17(20-8-11-5-12(9-20)7-13(6-11)10-20)23-26-19(16)22-18(24-26)14-1-3-15(4-2-14)25-29(27)28/h1-4,11-13,23,25H,5-10H2,(H,27,28). The van der Waals surface area contributed by atoms with E-state index >= 15 is 0 Å². The number of anilines is 1. The molecule has 0 saturated heterocycles. The van der Waals surface area contributed by atoms with Gasteiger partial charge in [0.05, 0.1) is 5.69 Å². The van der Waals surface area contributed by atoms with Gasteiger partial charge in [0.25, 0.3) is 11.3 Å². The molecule has 4 aliphatic carbocycles. The number of rotatable bonds is 4. The molecule has 3 aromatic rings. The minimum Gasteiger partial charge on any atom is -0.289 e. The number of halogens is 1. The van der Waals surface area contributed by atoms with Crippen LogP contribution in [-0.2, 0) is 16.7 Å². The zero-order chi connectivity index (χ0) is 19.8. The third-order valence-electron chi connectivity index (χ3n) is 7.16. The van der Waals surface area contributed by atoms with Crippen LogP contribution in [0.4, 0.5) is 5.69 Å². The van der Waals surface area contributed by atoms with E-state index in [9.17, 15) is 4.21 Å². The highest BCUT2D eigenvalue weighted by molar-refractivity contribution is 7.80. The van der Waals surface area contributed by atoms with Gasteiger partial charge in [0.15, 0.2) is 11.5 Å². The van der Waals surface area contributed by atoms with Crippen molar-refractivity contribution in [2.24, 2.45) is 17.8 Å². The first kappa shape index (κ1) is 17.9. The predicted molar refractivity (Wildman–Crippen MR) is 112 cm³/mol. The summed E-state index contributed by atoms with van der Waals surface area (Å²) in [4.78, 5) is 4.68. The van der Waals surface area contributed by atoms with Gasteiger partial charge in [-0.2, -0.15) is 4.63 Å². The maximum Gasteiger partial charge on any atom is 0.259 e. The molecule has 9 heteroatoms. The van der Waals surface area contributed by atoms with Gasteiger partial charge in [-0.3, -0.25) is 14.4 Å². The fourth-order valence-electron chi connectivity index (χ4n) is 6.48. The number of aromatic nitrogens is 4. The summed E-state index contributed by atoms with van der Waals surface area (Å²) in [7, 11) is 0. The molecule has 4 fully saturated rings.